The Kier molecular flexibility index (Phi) is 8.33. The van der Waals surface area contributed by atoms with Gasteiger partial charge in [0.25, 0.3) is 5.91 Å². The predicted molar refractivity (Wildman–Crippen MR) is 124 cm³/mol. The standard InChI is InChI=1S/C23H37N3O5S/c1-17(2)25(7)32(29,30)20-12-8-11-19(14-20)21(27)26-13-9-10-18(16-26)15-24(6)22(28)31-23(3,4)5/h8,11-12,14,17-18H,9-10,13,15-16H2,1-7H3. The molecule has 1 aliphatic heterocycles. The summed E-state index contributed by atoms with van der Waals surface area (Å²) < 4.78 is 32.3. The summed E-state index contributed by atoms with van der Waals surface area (Å²) in [6.07, 6.45) is 1.35. The lowest BCUT2D eigenvalue weighted by molar-refractivity contribution is 0.0244. The first-order valence-corrected chi connectivity index (χ1v) is 12.5. The van der Waals surface area contributed by atoms with Crippen molar-refractivity contribution in [1.82, 2.24) is 14.1 Å². The highest BCUT2D eigenvalue weighted by molar-refractivity contribution is 7.89. The summed E-state index contributed by atoms with van der Waals surface area (Å²) >= 11 is 0. The maximum Gasteiger partial charge on any atom is 0.410 e. The number of nitrogens with zero attached hydrogens (tertiary/aromatic N) is 3. The Balaban J connectivity index is 2.10. The number of rotatable bonds is 6. The van der Waals surface area contributed by atoms with Crippen molar-refractivity contribution in [3.8, 4) is 0 Å². The minimum absolute atomic E-state index is 0.109. The van der Waals surface area contributed by atoms with E-state index in [2.05, 4.69) is 0 Å². The zero-order valence-electron chi connectivity index (χ0n) is 20.3. The summed E-state index contributed by atoms with van der Waals surface area (Å²) in [5, 5.41) is 0. The Morgan fingerprint density at radius 1 is 1.22 bits per heavy atom. The van der Waals surface area contributed by atoms with E-state index in [4.69, 9.17) is 4.74 Å². The molecule has 0 saturated carbocycles. The van der Waals surface area contributed by atoms with Crippen LogP contribution in [0.5, 0.6) is 0 Å². The molecule has 9 heteroatoms. The number of carbonyl (C=O) groups is 2. The molecule has 0 spiro atoms. The Hall–Kier alpha value is -2.13. The zero-order valence-corrected chi connectivity index (χ0v) is 21.1. The SMILES string of the molecule is CC(C)N(C)S(=O)(=O)c1cccc(C(=O)N2CCCC(CN(C)C(=O)OC(C)(C)C)C2)c1. The molecule has 0 N–H and O–H groups in total. The molecule has 1 aliphatic rings. The molecule has 0 aliphatic carbocycles. The molecule has 32 heavy (non-hydrogen) atoms. The highest BCUT2D eigenvalue weighted by Gasteiger charge is 2.29. The van der Waals surface area contributed by atoms with E-state index < -0.39 is 15.6 Å². The van der Waals surface area contributed by atoms with E-state index >= 15 is 0 Å². The number of benzene rings is 1. The third kappa shape index (κ3) is 6.68. The van der Waals surface area contributed by atoms with Gasteiger partial charge >= 0.3 is 6.09 Å². The minimum atomic E-state index is -3.67. The topological polar surface area (TPSA) is 87.2 Å². The Labute approximate surface area is 192 Å². The van der Waals surface area contributed by atoms with Gasteiger partial charge in [-0.2, -0.15) is 4.31 Å². The van der Waals surface area contributed by atoms with E-state index in [1.165, 1.54) is 23.5 Å². The average Bonchev–Trinajstić information content (AvgIpc) is 2.71. The lowest BCUT2D eigenvalue weighted by Crippen LogP contribution is -2.45. The number of carbonyl (C=O) groups excluding carboxylic acids is 2. The first-order chi connectivity index (χ1) is 14.7. The molecule has 1 aromatic rings. The highest BCUT2D eigenvalue weighted by Crippen LogP contribution is 2.23. The molecular formula is C23H37N3O5S. The van der Waals surface area contributed by atoms with Crippen molar-refractivity contribution in [3.63, 3.8) is 0 Å². The average molecular weight is 468 g/mol. The molecule has 1 atom stereocenters. The lowest BCUT2D eigenvalue weighted by Gasteiger charge is -2.35. The molecule has 1 aromatic carbocycles. The van der Waals surface area contributed by atoms with Crippen LogP contribution in [0.2, 0.25) is 0 Å². The fourth-order valence-corrected chi connectivity index (χ4v) is 5.03. The Morgan fingerprint density at radius 3 is 2.47 bits per heavy atom. The van der Waals surface area contributed by atoms with Crippen molar-refractivity contribution in [2.24, 2.45) is 5.92 Å². The quantitative estimate of drug-likeness (QED) is 0.640. The normalized spacial score (nSPS) is 17.5. The number of hydrogen-bond donors (Lipinski definition) is 0. The number of likely N-dealkylation sites (tertiary alicyclic amines) is 1. The number of hydrogen-bond acceptors (Lipinski definition) is 5. The molecule has 2 amide bonds. The monoisotopic (exact) mass is 467 g/mol. The molecular weight excluding hydrogens is 430 g/mol. The smallest absolute Gasteiger partial charge is 0.410 e. The second-order valence-corrected chi connectivity index (χ2v) is 11.8. The van der Waals surface area contributed by atoms with Crippen molar-refractivity contribution in [3.05, 3.63) is 29.8 Å². The summed E-state index contributed by atoms with van der Waals surface area (Å²) in [5.41, 5.74) is -0.209. The molecule has 8 nitrogen and oxygen atoms in total. The molecule has 0 bridgehead atoms. The maximum absolute atomic E-state index is 13.1. The zero-order chi connectivity index (χ0) is 24.3. The molecule has 1 unspecified atom stereocenters. The predicted octanol–water partition coefficient (Wildman–Crippen LogP) is 3.43. The van der Waals surface area contributed by atoms with Gasteiger partial charge < -0.3 is 14.5 Å². The van der Waals surface area contributed by atoms with Crippen molar-refractivity contribution < 1.29 is 22.7 Å². The number of amides is 2. The summed E-state index contributed by atoms with van der Waals surface area (Å²) in [4.78, 5) is 28.8. The first kappa shape index (κ1) is 26.1. The van der Waals surface area contributed by atoms with E-state index in [9.17, 15) is 18.0 Å². The van der Waals surface area contributed by atoms with Gasteiger partial charge in [-0.15, -0.1) is 0 Å². The Bertz CT molecular complexity index is 924. The minimum Gasteiger partial charge on any atom is -0.444 e. The molecule has 180 valence electrons. The maximum atomic E-state index is 13.1. The Morgan fingerprint density at radius 2 is 1.88 bits per heavy atom. The summed E-state index contributed by atoms with van der Waals surface area (Å²) in [5.74, 6) is -0.0666. The highest BCUT2D eigenvalue weighted by atomic mass is 32.2. The summed E-state index contributed by atoms with van der Waals surface area (Å²) in [6, 6.07) is 6.02. The van der Waals surface area contributed by atoms with Crippen LogP contribution in [0.3, 0.4) is 0 Å². The van der Waals surface area contributed by atoms with Crippen molar-refractivity contribution >= 4 is 22.0 Å². The molecule has 1 heterocycles. The van der Waals surface area contributed by atoms with Crippen LogP contribution in [-0.2, 0) is 14.8 Å². The van der Waals surface area contributed by atoms with Crippen LogP contribution in [0, 0.1) is 5.92 Å². The van der Waals surface area contributed by atoms with E-state index in [1.807, 2.05) is 20.8 Å². The van der Waals surface area contributed by atoms with Gasteiger partial charge in [0.1, 0.15) is 5.60 Å². The van der Waals surface area contributed by atoms with Crippen LogP contribution in [0.25, 0.3) is 0 Å². The van der Waals surface area contributed by atoms with Gasteiger partial charge in [0, 0.05) is 45.3 Å². The van der Waals surface area contributed by atoms with E-state index in [1.54, 1.807) is 42.8 Å². The van der Waals surface area contributed by atoms with Gasteiger partial charge in [0.05, 0.1) is 4.90 Å². The van der Waals surface area contributed by atoms with Crippen LogP contribution >= 0.6 is 0 Å². The van der Waals surface area contributed by atoms with Crippen molar-refractivity contribution in [1.29, 1.82) is 0 Å². The van der Waals surface area contributed by atoms with E-state index in [-0.39, 0.29) is 28.9 Å². The molecule has 0 radical (unpaired) electrons. The molecule has 1 saturated heterocycles. The van der Waals surface area contributed by atoms with E-state index in [0.717, 1.165) is 12.8 Å². The van der Waals surface area contributed by atoms with Crippen LogP contribution in [0.4, 0.5) is 4.79 Å². The lowest BCUT2D eigenvalue weighted by atomic mass is 9.97. The van der Waals surface area contributed by atoms with Crippen LogP contribution < -0.4 is 0 Å². The first-order valence-electron chi connectivity index (χ1n) is 11.0. The van der Waals surface area contributed by atoms with Gasteiger partial charge in [0.15, 0.2) is 0 Å². The summed E-state index contributed by atoms with van der Waals surface area (Å²) in [6.45, 7) is 10.7. The third-order valence-electron chi connectivity index (χ3n) is 5.53. The largest absolute Gasteiger partial charge is 0.444 e. The van der Waals surface area contributed by atoms with Crippen LogP contribution in [-0.4, -0.2) is 79.9 Å². The molecule has 2 rings (SSSR count). The fraction of sp³-hybridized carbons (Fsp3) is 0.652. The molecule has 1 fully saturated rings. The van der Waals surface area contributed by atoms with Crippen LogP contribution in [0.15, 0.2) is 29.2 Å². The van der Waals surface area contributed by atoms with Gasteiger partial charge in [-0.05, 0) is 71.6 Å². The summed E-state index contributed by atoms with van der Waals surface area (Å²) in [7, 11) is -0.436. The number of sulfonamides is 1. The van der Waals surface area contributed by atoms with Gasteiger partial charge in [-0.1, -0.05) is 6.07 Å². The fourth-order valence-electron chi connectivity index (χ4n) is 3.62. The third-order valence-corrected chi connectivity index (χ3v) is 7.56. The van der Waals surface area contributed by atoms with Gasteiger partial charge in [-0.25, -0.2) is 13.2 Å². The van der Waals surface area contributed by atoms with Crippen LogP contribution in [0.1, 0.15) is 57.8 Å². The second-order valence-electron chi connectivity index (χ2n) is 9.76. The van der Waals surface area contributed by atoms with Gasteiger partial charge in [0.2, 0.25) is 10.0 Å². The number of piperidine rings is 1. The van der Waals surface area contributed by atoms with Crippen molar-refractivity contribution in [2.45, 2.75) is 64.0 Å². The van der Waals surface area contributed by atoms with E-state index in [0.29, 0.717) is 25.2 Å². The van der Waals surface area contributed by atoms with Crippen molar-refractivity contribution in [2.75, 3.05) is 33.7 Å². The number of ether oxygens (including phenoxy) is 1. The molecule has 0 aromatic heterocycles. The second kappa shape index (κ2) is 10.2. The van der Waals surface area contributed by atoms with Gasteiger partial charge in [-0.3, -0.25) is 4.79 Å².